The first-order valence-corrected chi connectivity index (χ1v) is 15.8. The minimum Gasteiger partial charge on any atom is -0.354 e. The normalized spacial score (nSPS) is 14.8. The van der Waals surface area contributed by atoms with Crippen molar-refractivity contribution in [1.29, 1.82) is 0 Å². The Bertz CT molecular complexity index is 1480. The lowest BCUT2D eigenvalue weighted by atomic mass is 9.97. The molecule has 1 aliphatic heterocycles. The lowest BCUT2D eigenvalue weighted by Gasteiger charge is -2.38. The van der Waals surface area contributed by atoms with Gasteiger partial charge in [0.1, 0.15) is 19.1 Å². The van der Waals surface area contributed by atoms with Crippen LogP contribution in [0.4, 0.5) is 4.79 Å². The van der Waals surface area contributed by atoms with E-state index < -0.39 is 6.04 Å². The number of piperazine rings is 1. The second-order valence-electron chi connectivity index (χ2n) is 11.4. The van der Waals surface area contributed by atoms with Gasteiger partial charge in [0.15, 0.2) is 0 Å². The van der Waals surface area contributed by atoms with E-state index in [4.69, 9.17) is 11.6 Å². The van der Waals surface area contributed by atoms with Crippen LogP contribution in [-0.4, -0.2) is 84.8 Å². The van der Waals surface area contributed by atoms with Crippen molar-refractivity contribution in [1.82, 2.24) is 25.3 Å². The summed E-state index contributed by atoms with van der Waals surface area (Å²) in [7, 11) is 3.28. The van der Waals surface area contributed by atoms with Gasteiger partial charge < -0.3 is 25.3 Å². The van der Waals surface area contributed by atoms with Crippen molar-refractivity contribution in [3.63, 3.8) is 0 Å². The van der Waals surface area contributed by atoms with Crippen LogP contribution in [-0.2, 0) is 33.8 Å². The van der Waals surface area contributed by atoms with Gasteiger partial charge in [-0.2, -0.15) is 0 Å². The van der Waals surface area contributed by atoms with Crippen LogP contribution < -0.4 is 10.6 Å². The van der Waals surface area contributed by atoms with E-state index in [1.165, 1.54) is 9.80 Å². The van der Waals surface area contributed by atoms with Gasteiger partial charge in [-0.3, -0.25) is 14.4 Å². The summed E-state index contributed by atoms with van der Waals surface area (Å²) in [5.74, 6) is -0.749. The molecule has 45 heavy (non-hydrogen) atoms. The molecule has 3 aromatic carbocycles. The number of hydrogen-bond acceptors (Lipinski definition) is 4. The van der Waals surface area contributed by atoms with Crippen LogP contribution >= 0.6 is 11.6 Å². The summed E-state index contributed by atoms with van der Waals surface area (Å²) < 4.78 is 0. The number of benzene rings is 3. The summed E-state index contributed by atoms with van der Waals surface area (Å²) in [6, 6.07) is 22.7. The molecule has 0 unspecified atom stereocenters. The summed E-state index contributed by atoms with van der Waals surface area (Å²) in [5, 5.41) is 6.23. The molecule has 10 heteroatoms. The van der Waals surface area contributed by atoms with Gasteiger partial charge in [-0.1, -0.05) is 79.5 Å². The number of nitrogens with one attached hydrogen (secondary N) is 2. The van der Waals surface area contributed by atoms with E-state index in [9.17, 15) is 19.2 Å². The van der Waals surface area contributed by atoms with Gasteiger partial charge in [-0.15, -0.1) is 0 Å². The molecule has 3 aromatic rings. The van der Waals surface area contributed by atoms with Gasteiger partial charge >= 0.3 is 6.03 Å². The lowest BCUT2D eigenvalue weighted by molar-refractivity contribution is -0.155. The second-order valence-corrected chi connectivity index (χ2v) is 11.8. The van der Waals surface area contributed by atoms with Crippen molar-refractivity contribution >= 4 is 35.4 Å². The molecule has 0 radical (unpaired) electrons. The minimum atomic E-state index is -0.693. The molecule has 0 aliphatic carbocycles. The van der Waals surface area contributed by atoms with Gasteiger partial charge in [0, 0.05) is 45.2 Å². The monoisotopic (exact) mass is 631 g/mol. The van der Waals surface area contributed by atoms with Crippen LogP contribution in [0.1, 0.15) is 36.5 Å². The highest BCUT2D eigenvalue weighted by Gasteiger charge is 2.37. The number of unbranched alkanes of at least 4 members (excludes halogenated alkanes) is 1. The van der Waals surface area contributed by atoms with E-state index >= 15 is 0 Å². The highest BCUT2D eigenvalue weighted by Crippen LogP contribution is 2.24. The zero-order chi connectivity index (χ0) is 32.3. The van der Waals surface area contributed by atoms with Gasteiger partial charge in [0.05, 0.1) is 0 Å². The summed E-state index contributed by atoms with van der Waals surface area (Å²) in [5.41, 5.74) is 5.03. The Morgan fingerprint density at radius 3 is 2.36 bits per heavy atom. The molecule has 1 fully saturated rings. The van der Waals surface area contributed by atoms with E-state index in [0.29, 0.717) is 37.5 Å². The van der Waals surface area contributed by atoms with E-state index in [2.05, 4.69) is 23.6 Å². The number of halogens is 1. The number of carbonyl (C=O) groups excluding carboxylic acids is 4. The summed E-state index contributed by atoms with van der Waals surface area (Å²) in [4.78, 5) is 55.8. The number of rotatable bonds is 13. The van der Waals surface area contributed by atoms with Crippen molar-refractivity contribution in [3.05, 3.63) is 94.5 Å². The Morgan fingerprint density at radius 2 is 1.67 bits per heavy atom. The van der Waals surface area contributed by atoms with Crippen molar-refractivity contribution in [2.45, 2.75) is 45.2 Å². The largest absolute Gasteiger partial charge is 0.354 e. The number of carbonyl (C=O) groups is 4. The molecular weight excluding hydrogens is 590 g/mol. The van der Waals surface area contributed by atoms with E-state index in [0.717, 1.165) is 40.7 Å². The van der Waals surface area contributed by atoms with Gasteiger partial charge in [-0.25, -0.2) is 4.79 Å². The number of nitrogens with zero attached hydrogens (tertiary/aromatic N) is 3. The van der Waals surface area contributed by atoms with Crippen molar-refractivity contribution in [2.24, 2.45) is 0 Å². The first kappa shape index (κ1) is 33.5. The number of urea groups is 1. The van der Waals surface area contributed by atoms with Crippen LogP contribution in [0, 0.1) is 0 Å². The molecule has 0 bridgehead atoms. The Labute approximate surface area is 270 Å². The average molecular weight is 632 g/mol. The SMILES string of the molecule is CCCCN(Cc1cccc(-c2ccc(C[C@H]3C(=O)N(CC(=O)NCCc4ccc(Cl)cc4)CC(=O)N3C)cc2)c1)C(=O)NC. The minimum absolute atomic E-state index is 0.0905. The van der Waals surface area contributed by atoms with Crippen LogP contribution in [0.25, 0.3) is 11.1 Å². The standard InChI is InChI=1S/C35H42ClN5O4/c1-4-5-19-40(35(45)37-2)22-27-7-6-8-29(20-27)28-13-9-26(10-14-28)21-31-34(44)41(24-33(43)39(31)3)23-32(42)38-18-17-25-11-15-30(36)16-12-25/h6-16,20,31H,4-5,17-19,21-24H2,1-3H3,(H,37,45)(H,38,42)/t31-/m0/s1. The molecule has 9 nitrogen and oxygen atoms in total. The van der Waals surface area contributed by atoms with E-state index in [1.54, 1.807) is 26.2 Å². The first-order chi connectivity index (χ1) is 21.7. The smallest absolute Gasteiger partial charge is 0.317 e. The Kier molecular flexibility index (Phi) is 12.0. The summed E-state index contributed by atoms with van der Waals surface area (Å²) >= 11 is 5.93. The average Bonchev–Trinajstić information content (AvgIpc) is 3.05. The fourth-order valence-corrected chi connectivity index (χ4v) is 5.50. The first-order valence-electron chi connectivity index (χ1n) is 15.4. The quantitative estimate of drug-likeness (QED) is 0.290. The maximum Gasteiger partial charge on any atom is 0.317 e. The highest BCUT2D eigenvalue weighted by atomic mass is 35.5. The fourth-order valence-electron chi connectivity index (χ4n) is 5.37. The molecule has 1 saturated heterocycles. The lowest BCUT2D eigenvalue weighted by Crippen LogP contribution is -2.60. The van der Waals surface area contributed by atoms with Crippen LogP contribution in [0.5, 0.6) is 0 Å². The number of amides is 5. The zero-order valence-corrected chi connectivity index (χ0v) is 27.0. The van der Waals surface area contributed by atoms with Crippen LogP contribution in [0.2, 0.25) is 5.02 Å². The molecule has 238 valence electrons. The molecular formula is C35H42ClN5O4. The molecule has 5 amide bonds. The highest BCUT2D eigenvalue weighted by molar-refractivity contribution is 6.30. The number of hydrogen-bond donors (Lipinski definition) is 2. The third-order valence-corrected chi connectivity index (χ3v) is 8.32. The predicted octanol–water partition coefficient (Wildman–Crippen LogP) is 4.52. The molecule has 0 saturated carbocycles. The fraction of sp³-hybridized carbons (Fsp3) is 0.371. The molecule has 0 aromatic heterocycles. The van der Waals surface area contributed by atoms with Crippen LogP contribution in [0.3, 0.4) is 0 Å². The van der Waals surface area contributed by atoms with Crippen molar-refractivity contribution in [2.75, 3.05) is 40.3 Å². The third kappa shape index (κ3) is 9.31. The van der Waals surface area contributed by atoms with E-state index in [-0.39, 0.29) is 36.8 Å². The number of likely N-dealkylation sites (N-methyl/N-ethyl adjacent to an activating group) is 1. The molecule has 1 atom stereocenters. The second kappa shape index (κ2) is 16.1. The third-order valence-electron chi connectivity index (χ3n) is 8.07. The van der Waals surface area contributed by atoms with Crippen LogP contribution in [0.15, 0.2) is 72.8 Å². The zero-order valence-electron chi connectivity index (χ0n) is 26.2. The maximum absolute atomic E-state index is 13.4. The molecule has 1 heterocycles. The topological polar surface area (TPSA) is 102 Å². The Balaban J connectivity index is 1.36. The van der Waals surface area contributed by atoms with E-state index in [1.807, 2.05) is 59.5 Å². The Hall–Kier alpha value is -4.37. The summed E-state index contributed by atoms with van der Waals surface area (Å²) in [6.07, 6.45) is 2.92. The predicted molar refractivity (Wildman–Crippen MR) is 177 cm³/mol. The van der Waals surface area contributed by atoms with Gasteiger partial charge in [0.2, 0.25) is 17.7 Å². The van der Waals surface area contributed by atoms with Crippen molar-refractivity contribution in [3.8, 4) is 11.1 Å². The molecule has 4 rings (SSSR count). The molecule has 2 N–H and O–H groups in total. The molecule has 0 spiro atoms. The Morgan fingerprint density at radius 1 is 0.956 bits per heavy atom. The van der Waals surface area contributed by atoms with Crippen molar-refractivity contribution < 1.29 is 19.2 Å². The van der Waals surface area contributed by atoms with Gasteiger partial charge in [-0.05, 0) is 58.9 Å². The summed E-state index contributed by atoms with van der Waals surface area (Å²) in [6.45, 7) is 3.45. The van der Waals surface area contributed by atoms with Gasteiger partial charge in [0.25, 0.3) is 0 Å². The molecule has 1 aliphatic rings. The maximum atomic E-state index is 13.4.